The summed E-state index contributed by atoms with van der Waals surface area (Å²) < 4.78 is 0. The van der Waals surface area contributed by atoms with Gasteiger partial charge in [0.1, 0.15) is 6.17 Å². The second-order valence-electron chi connectivity index (χ2n) is 6.20. The van der Waals surface area contributed by atoms with Gasteiger partial charge in [0.05, 0.1) is 6.04 Å². The first-order chi connectivity index (χ1) is 9.75. The van der Waals surface area contributed by atoms with Crippen molar-refractivity contribution >= 4 is 5.91 Å². The van der Waals surface area contributed by atoms with E-state index < -0.39 is 0 Å². The molecule has 1 aromatic carbocycles. The third-order valence-electron chi connectivity index (χ3n) is 4.67. The highest BCUT2D eigenvalue weighted by Gasteiger charge is 2.38. The van der Waals surface area contributed by atoms with Crippen LogP contribution < -0.4 is 5.32 Å². The molecule has 3 heteroatoms. The molecule has 1 saturated carbocycles. The number of hydrogen-bond acceptors (Lipinski definition) is 2. The molecule has 1 heterocycles. The average Bonchev–Trinajstić information content (AvgIpc) is 2.78. The number of amides is 1. The molecule has 0 radical (unpaired) electrons. The van der Waals surface area contributed by atoms with Crippen LogP contribution in [0.25, 0.3) is 0 Å². The lowest BCUT2D eigenvalue weighted by Crippen LogP contribution is -2.35. The van der Waals surface area contributed by atoms with Gasteiger partial charge in [0, 0.05) is 6.54 Å². The van der Waals surface area contributed by atoms with Crippen molar-refractivity contribution in [3.63, 3.8) is 0 Å². The van der Waals surface area contributed by atoms with Gasteiger partial charge >= 0.3 is 0 Å². The third-order valence-corrected chi connectivity index (χ3v) is 4.67. The minimum Gasteiger partial charge on any atom is -0.321 e. The summed E-state index contributed by atoms with van der Waals surface area (Å²) in [5.41, 5.74) is 1.20. The lowest BCUT2D eigenvalue weighted by atomic mass is 9.88. The SMILES string of the molecule is CC1NC(c2ccccc2)N(CC2CCCCC2)C1=O. The Labute approximate surface area is 121 Å². The van der Waals surface area contributed by atoms with E-state index in [-0.39, 0.29) is 18.1 Å². The molecule has 1 aliphatic carbocycles. The Morgan fingerprint density at radius 3 is 2.55 bits per heavy atom. The van der Waals surface area contributed by atoms with Crippen molar-refractivity contribution in [1.29, 1.82) is 0 Å². The van der Waals surface area contributed by atoms with Crippen LogP contribution >= 0.6 is 0 Å². The van der Waals surface area contributed by atoms with Gasteiger partial charge < -0.3 is 4.90 Å². The van der Waals surface area contributed by atoms with Crippen LogP contribution in [0.1, 0.15) is 50.8 Å². The molecule has 0 aromatic heterocycles. The van der Waals surface area contributed by atoms with Crippen LogP contribution in [0, 0.1) is 5.92 Å². The van der Waals surface area contributed by atoms with Crippen molar-refractivity contribution in [1.82, 2.24) is 10.2 Å². The number of hydrogen-bond donors (Lipinski definition) is 1. The number of nitrogens with one attached hydrogen (secondary N) is 1. The van der Waals surface area contributed by atoms with Gasteiger partial charge in [-0.2, -0.15) is 0 Å². The summed E-state index contributed by atoms with van der Waals surface area (Å²) in [6.45, 7) is 2.88. The van der Waals surface area contributed by atoms with Crippen molar-refractivity contribution in [2.45, 2.75) is 51.2 Å². The molecule has 3 rings (SSSR count). The van der Waals surface area contributed by atoms with E-state index in [1.807, 2.05) is 25.1 Å². The summed E-state index contributed by atoms with van der Waals surface area (Å²) in [6.07, 6.45) is 6.62. The van der Waals surface area contributed by atoms with Gasteiger partial charge in [-0.3, -0.25) is 10.1 Å². The minimum absolute atomic E-state index is 0.0561. The molecule has 2 aliphatic rings. The fourth-order valence-electron chi connectivity index (χ4n) is 3.53. The van der Waals surface area contributed by atoms with E-state index in [1.54, 1.807) is 0 Å². The Balaban J connectivity index is 1.76. The smallest absolute Gasteiger partial charge is 0.241 e. The van der Waals surface area contributed by atoms with E-state index in [0.717, 1.165) is 6.54 Å². The highest BCUT2D eigenvalue weighted by molar-refractivity contribution is 5.84. The van der Waals surface area contributed by atoms with Crippen molar-refractivity contribution < 1.29 is 4.79 Å². The molecule has 2 unspecified atom stereocenters. The number of benzene rings is 1. The fraction of sp³-hybridized carbons (Fsp3) is 0.588. The maximum Gasteiger partial charge on any atom is 0.241 e. The van der Waals surface area contributed by atoms with Crippen LogP contribution in [0.4, 0.5) is 0 Å². The van der Waals surface area contributed by atoms with Gasteiger partial charge in [-0.1, -0.05) is 49.6 Å². The maximum absolute atomic E-state index is 12.4. The molecule has 0 bridgehead atoms. The zero-order chi connectivity index (χ0) is 13.9. The molecular weight excluding hydrogens is 248 g/mol. The molecule has 3 nitrogen and oxygen atoms in total. The summed E-state index contributed by atoms with van der Waals surface area (Å²) in [4.78, 5) is 14.5. The molecule has 108 valence electrons. The summed E-state index contributed by atoms with van der Waals surface area (Å²) >= 11 is 0. The topological polar surface area (TPSA) is 32.3 Å². The average molecular weight is 272 g/mol. The Kier molecular flexibility index (Phi) is 4.06. The van der Waals surface area contributed by atoms with Gasteiger partial charge in [0.2, 0.25) is 5.91 Å². The van der Waals surface area contributed by atoms with Crippen LogP contribution in [-0.4, -0.2) is 23.4 Å². The molecule has 1 amide bonds. The van der Waals surface area contributed by atoms with Crippen molar-refractivity contribution in [3.05, 3.63) is 35.9 Å². The van der Waals surface area contributed by atoms with Gasteiger partial charge in [-0.05, 0) is 31.2 Å². The van der Waals surface area contributed by atoms with Crippen molar-refractivity contribution in [2.24, 2.45) is 5.92 Å². The molecule has 1 saturated heterocycles. The van der Waals surface area contributed by atoms with Crippen LogP contribution in [-0.2, 0) is 4.79 Å². The second-order valence-corrected chi connectivity index (χ2v) is 6.20. The highest BCUT2D eigenvalue weighted by Crippen LogP contribution is 2.30. The zero-order valence-electron chi connectivity index (χ0n) is 12.2. The molecule has 2 fully saturated rings. The molecule has 1 N–H and O–H groups in total. The Morgan fingerprint density at radius 1 is 1.15 bits per heavy atom. The van der Waals surface area contributed by atoms with E-state index >= 15 is 0 Å². The molecule has 0 spiro atoms. The number of carbonyl (C=O) groups is 1. The van der Waals surface area contributed by atoms with E-state index in [2.05, 4.69) is 22.3 Å². The van der Waals surface area contributed by atoms with E-state index in [4.69, 9.17) is 0 Å². The Bertz CT molecular complexity index is 453. The quantitative estimate of drug-likeness (QED) is 0.917. The largest absolute Gasteiger partial charge is 0.321 e. The minimum atomic E-state index is -0.0659. The molecule has 20 heavy (non-hydrogen) atoms. The van der Waals surface area contributed by atoms with Gasteiger partial charge in [-0.15, -0.1) is 0 Å². The summed E-state index contributed by atoms with van der Waals surface area (Å²) in [5, 5.41) is 3.44. The maximum atomic E-state index is 12.4. The van der Waals surface area contributed by atoms with Crippen LogP contribution in [0.3, 0.4) is 0 Å². The summed E-state index contributed by atoms with van der Waals surface area (Å²) in [7, 11) is 0. The highest BCUT2D eigenvalue weighted by atomic mass is 16.2. The molecular formula is C17H24N2O. The van der Waals surface area contributed by atoms with Gasteiger partial charge in [0.15, 0.2) is 0 Å². The van der Waals surface area contributed by atoms with Crippen LogP contribution in [0.2, 0.25) is 0 Å². The number of carbonyl (C=O) groups excluding carboxylic acids is 1. The predicted molar refractivity (Wildman–Crippen MR) is 80.1 cm³/mol. The lowest BCUT2D eigenvalue weighted by molar-refractivity contribution is -0.130. The zero-order valence-corrected chi connectivity index (χ0v) is 12.2. The van der Waals surface area contributed by atoms with Crippen molar-refractivity contribution in [3.8, 4) is 0 Å². The Hall–Kier alpha value is -1.35. The monoisotopic (exact) mass is 272 g/mol. The van der Waals surface area contributed by atoms with Crippen LogP contribution in [0.5, 0.6) is 0 Å². The fourth-order valence-corrected chi connectivity index (χ4v) is 3.53. The first-order valence-corrected chi connectivity index (χ1v) is 7.87. The third kappa shape index (κ3) is 2.73. The van der Waals surface area contributed by atoms with Gasteiger partial charge in [0.25, 0.3) is 0 Å². The van der Waals surface area contributed by atoms with Gasteiger partial charge in [-0.25, -0.2) is 0 Å². The standard InChI is InChI=1S/C17H24N2O/c1-13-17(20)19(12-14-8-4-2-5-9-14)16(18-13)15-10-6-3-7-11-15/h3,6-7,10-11,13-14,16,18H,2,4-5,8-9,12H2,1H3. The van der Waals surface area contributed by atoms with Crippen LogP contribution in [0.15, 0.2) is 30.3 Å². The van der Waals surface area contributed by atoms with E-state index in [0.29, 0.717) is 5.92 Å². The predicted octanol–water partition coefficient (Wildman–Crippen LogP) is 3.09. The van der Waals surface area contributed by atoms with E-state index in [1.165, 1.54) is 37.7 Å². The number of rotatable bonds is 3. The lowest BCUT2D eigenvalue weighted by Gasteiger charge is -2.30. The van der Waals surface area contributed by atoms with E-state index in [9.17, 15) is 4.79 Å². The Morgan fingerprint density at radius 2 is 1.85 bits per heavy atom. The number of nitrogens with zero attached hydrogens (tertiary/aromatic N) is 1. The first-order valence-electron chi connectivity index (χ1n) is 7.87. The normalized spacial score (nSPS) is 28.1. The first kappa shape index (κ1) is 13.6. The summed E-state index contributed by atoms with van der Waals surface area (Å²) in [5.74, 6) is 0.940. The molecule has 1 aromatic rings. The summed E-state index contributed by atoms with van der Waals surface area (Å²) in [6, 6.07) is 10.3. The molecule has 2 atom stereocenters. The second kappa shape index (κ2) is 5.96. The van der Waals surface area contributed by atoms with Crippen molar-refractivity contribution in [2.75, 3.05) is 6.54 Å². The molecule has 1 aliphatic heterocycles.